The topological polar surface area (TPSA) is 82.5 Å². The third-order valence-electron chi connectivity index (χ3n) is 5.17. The Balaban J connectivity index is 1.51. The highest BCUT2D eigenvalue weighted by atomic mass is 16.5. The largest absolute Gasteiger partial charge is 0.395 e. The molecule has 1 aromatic heterocycles. The standard InChI is InChI=1S/C15H23N5O2/c21-7-14-11-6-20(3-1-12(11)18-19-14)15-5-13(16-9-17-15)10-2-4-22-8-10/h5,9-12,14,18-19,21H,1-4,6-8H2. The van der Waals surface area contributed by atoms with Gasteiger partial charge in [0, 0.05) is 43.6 Å². The van der Waals surface area contributed by atoms with Crippen LogP contribution in [-0.2, 0) is 4.74 Å². The molecule has 7 nitrogen and oxygen atoms in total. The predicted octanol–water partition coefficient (Wildman–Crippen LogP) is -0.356. The first-order valence-corrected chi connectivity index (χ1v) is 8.11. The summed E-state index contributed by atoms with van der Waals surface area (Å²) in [6, 6.07) is 2.68. The number of anilines is 1. The van der Waals surface area contributed by atoms with E-state index in [0.717, 1.165) is 50.7 Å². The van der Waals surface area contributed by atoms with Gasteiger partial charge in [-0.2, -0.15) is 0 Å². The van der Waals surface area contributed by atoms with Crippen LogP contribution in [0, 0.1) is 5.92 Å². The number of rotatable bonds is 3. The van der Waals surface area contributed by atoms with E-state index in [0.29, 0.717) is 17.9 Å². The predicted molar refractivity (Wildman–Crippen MR) is 81.5 cm³/mol. The van der Waals surface area contributed by atoms with Crippen LogP contribution in [0.25, 0.3) is 0 Å². The summed E-state index contributed by atoms with van der Waals surface area (Å²) in [5.74, 6) is 1.81. The molecule has 0 bridgehead atoms. The fourth-order valence-corrected chi connectivity index (χ4v) is 3.80. The number of aromatic nitrogens is 2. The summed E-state index contributed by atoms with van der Waals surface area (Å²) in [4.78, 5) is 11.2. The molecule has 3 N–H and O–H groups in total. The van der Waals surface area contributed by atoms with Crippen LogP contribution >= 0.6 is 0 Å². The number of piperidine rings is 1. The lowest BCUT2D eigenvalue weighted by Crippen LogP contribution is -2.47. The molecule has 22 heavy (non-hydrogen) atoms. The van der Waals surface area contributed by atoms with Crippen molar-refractivity contribution in [3.05, 3.63) is 18.1 Å². The van der Waals surface area contributed by atoms with Gasteiger partial charge in [0.1, 0.15) is 12.1 Å². The smallest absolute Gasteiger partial charge is 0.132 e. The van der Waals surface area contributed by atoms with Crippen molar-refractivity contribution >= 4 is 5.82 Å². The molecule has 1 aromatic rings. The van der Waals surface area contributed by atoms with Gasteiger partial charge in [0.2, 0.25) is 0 Å². The molecule has 3 fully saturated rings. The second-order valence-electron chi connectivity index (χ2n) is 6.44. The molecule has 7 heteroatoms. The van der Waals surface area contributed by atoms with Gasteiger partial charge in [-0.05, 0) is 12.8 Å². The van der Waals surface area contributed by atoms with E-state index in [2.05, 4.69) is 31.8 Å². The highest BCUT2D eigenvalue weighted by Crippen LogP contribution is 2.29. The van der Waals surface area contributed by atoms with Gasteiger partial charge in [-0.25, -0.2) is 9.97 Å². The lowest BCUT2D eigenvalue weighted by atomic mass is 9.88. The molecule has 4 rings (SSSR count). The van der Waals surface area contributed by atoms with Gasteiger partial charge in [0.25, 0.3) is 0 Å². The maximum Gasteiger partial charge on any atom is 0.132 e. The van der Waals surface area contributed by atoms with E-state index in [1.54, 1.807) is 6.33 Å². The van der Waals surface area contributed by atoms with Gasteiger partial charge in [0.15, 0.2) is 0 Å². The number of aliphatic hydroxyl groups excluding tert-OH is 1. The first kappa shape index (κ1) is 14.3. The van der Waals surface area contributed by atoms with Crippen LogP contribution in [-0.4, -0.2) is 60.1 Å². The summed E-state index contributed by atoms with van der Waals surface area (Å²) in [6.45, 7) is 3.64. The summed E-state index contributed by atoms with van der Waals surface area (Å²) in [7, 11) is 0. The summed E-state index contributed by atoms with van der Waals surface area (Å²) in [6.07, 6.45) is 3.77. The van der Waals surface area contributed by atoms with Gasteiger partial charge in [-0.15, -0.1) is 0 Å². The first-order valence-electron chi connectivity index (χ1n) is 8.11. The molecule has 4 unspecified atom stereocenters. The zero-order chi connectivity index (χ0) is 14.9. The molecule has 4 atom stereocenters. The molecular weight excluding hydrogens is 282 g/mol. The maximum absolute atomic E-state index is 9.49. The van der Waals surface area contributed by atoms with E-state index in [1.807, 2.05) is 0 Å². The van der Waals surface area contributed by atoms with Crippen molar-refractivity contribution in [2.75, 3.05) is 37.8 Å². The molecule has 0 aliphatic carbocycles. The summed E-state index contributed by atoms with van der Waals surface area (Å²) in [5.41, 5.74) is 7.59. The molecule has 0 radical (unpaired) electrons. The van der Waals surface area contributed by atoms with Crippen molar-refractivity contribution in [3.63, 3.8) is 0 Å². The van der Waals surface area contributed by atoms with E-state index in [4.69, 9.17) is 4.74 Å². The average Bonchev–Trinajstić information content (AvgIpc) is 3.24. The molecule has 0 aromatic carbocycles. The molecule has 0 amide bonds. The van der Waals surface area contributed by atoms with Crippen molar-refractivity contribution in [1.29, 1.82) is 0 Å². The van der Waals surface area contributed by atoms with Crippen LogP contribution < -0.4 is 15.8 Å². The Morgan fingerprint density at radius 2 is 2.27 bits per heavy atom. The second kappa shape index (κ2) is 6.08. The molecule has 0 saturated carbocycles. The minimum absolute atomic E-state index is 0.123. The van der Waals surface area contributed by atoms with Gasteiger partial charge in [0.05, 0.1) is 24.9 Å². The summed E-state index contributed by atoms with van der Waals surface area (Å²) < 4.78 is 5.46. The molecule has 3 aliphatic rings. The number of hydrogen-bond acceptors (Lipinski definition) is 7. The Hall–Kier alpha value is -1.28. The molecule has 3 aliphatic heterocycles. The lowest BCUT2D eigenvalue weighted by molar-refractivity contribution is 0.193. The number of hydrazine groups is 1. The average molecular weight is 305 g/mol. The van der Waals surface area contributed by atoms with Crippen molar-refractivity contribution in [1.82, 2.24) is 20.8 Å². The Bertz CT molecular complexity index is 516. The van der Waals surface area contributed by atoms with Crippen molar-refractivity contribution in [3.8, 4) is 0 Å². The molecular formula is C15H23N5O2. The van der Waals surface area contributed by atoms with E-state index in [1.165, 1.54) is 0 Å². The van der Waals surface area contributed by atoms with Crippen LogP contribution in [0.1, 0.15) is 24.5 Å². The van der Waals surface area contributed by atoms with Crippen LogP contribution in [0.4, 0.5) is 5.82 Å². The minimum atomic E-state index is 0.123. The number of nitrogens with zero attached hydrogens (tertiary/aromatic N) is 3. The van der Waals surface area contributed by atoms with Crippen molar-refractivity contribution in [2.24, 2.45) is 5.92 Å². The van der Waals surface area contributed by atoms with E-state index in [-0.39, 0.29) is 12.6 Å². The summed E-state index contributed by atoms with van der Waals surface area (Å²) in [5, 5.41) is 9.49. The number of aliphatic hydroxyl groups is 1. The van der Waals surface area contributed by atoms with Gasteiger partial charge in [-0.1, -0.05) is 0 Å². The molecule has 3 saturated heterocycles. The van der Waals surface area contributed by atoms with E-state index >= 15 is 0 Å². The van der Waals surface area contributed by atoms with Gasteiger partial charge < -0.3 is 14.7 Å². The van der Waals surface area contributed by atoms with E-state index < -0.39 is 0 Å². The van der Waals surface area contributed by atoms with Crippen LogP contribution in [0.5, 0.6) is 0 Å². The fourth-order valence-electron chi connectivity index (χ4n) is 3.80. The van der Waals surface area contributed by atoms with E-state index in [9.17, 15) is 5.11 Å². The van der Waals surface area contributed by atoms with Crippen LogP contribution in [0.2, 0.25) is 0 Å². The number of fused-ring (bicyclic) bond motifs is 1. The third kappa shape index (κ3) is 2.58. The zero-order valence-corrected chi connectivity index (χ0v) is 12.6. The highest BCUT2D eigenvalue weighted by Gasteiger charge is 2.39. The number of nitrogens with one attached hydrogen (secondary N) is 2. The van der Waals surface area contributed by atoms with Crippen molar-refractivity contribution in [2.45, 2.75) is 30.8 Å². The van der Waals surface area contributed by atoms with Gasteiger partial charge >= 0.3 is 0 Å². The Labute approximate surface area is 130 Å². The van der Waals surface area contributed by atoms with Crippen LogP contribution in [0.3, 0.4) is 0 Å². The van der Waals surface area contributed by atoms with Crippen LogP contribution in [0.15, 0.2) is 12.4 Å². The molecule has 0 spiro atoms. The number of hydrogen-bond donors (Lipinski definition) is 3. The maximum atomic E-state index is 9.49. The quantitative estimate of drug-likeness (QED) is 0.704. The third-order valence-corrected chi connectivity index (χ3v) is 5.17. The number of ether oxygens (including phenoxy) is 1. The van der Waals surface area contributed by atoms with Gasteiger partial charge in [-0.3, -0.25) is 10.9 Å². The zero-order valence-electron chi connectivity index (χ0n) is 12.6. The minimum Gasteiger partial charge on any atom is -0.395 e. The lowest BCUT2D eigenvalue weighted by Gasteiger charge is -2.36. The van der Waals surface area contributed by atoms with Crippen molar-refractivity contribution < 1.29 is 9.84 Å². The second-order valence-corrected chi connectivity index (χ2v) is 6.44. The Kier molecular flexibility index (Phi) is 3.96. The normalized spacial score (nSPS) is 34.9. The summed E-state index contributed by atoms with van der Waals surface area (Å²) >= 11 is 0. The Morgan fingerprint density at radius 1 is 1.32 bits per heavy atom. The Morgan fingerprint density at radius 3 is 3.09 bits per heavy atom. The highest BCUT2D eigenvalue weighted by molar-refractivity contribution is 5.41. The molecule has 4 heterocycles. The molecule has 120 valence electrons. The monoisotopic (exact) mass is 305 g/mol. The fraction of sp³-hybridized carbons (Fsp3) is 0.733. The SMILES string of the molecule is OCC1NNC2CCN(c3cc(C4CCOC4)ncn3)CC12. The first-order chi connectivity index (χ1) is 10.8.